The number of nitrogens with zero attached hydrogens (tertiary/aromatic N) is 2. The Bertz CT molecular complexity index is 671. The highest BCUT2D eigenvalue weighted by molar-refractivity contribution is 5.83. The zero-order chi connectivity index (χ0) is 17.5. The van der Waals surface area contributed by atoms with E-state index in [9.17, 15) is 0 Å². The summed E-state index contributed by atoms with van der Waals surface area (Å²) in [7, 11) is 4.79. The number of hydrogen-bond donors (Lipinski definition) is 0. The number of rotatable bonds is 7. The van der Waals surface area contributed by atoms with Crippen molar-refractivity contribution in [2.45, 2.75) is 13.8 Å². The van der Waals surface area contributed by atoms with Crippen molar-refractivity contribution < 1.29 is 14.2 Å². The van der Waals surface area contributed by atoms with Crippen LogP contribution in [0.15, 0.2) is 41.5 Å². The van der Waals surface area contributed by atoms with E-state index >= 15 is 0 Å². The highest BCUT2D eigenvalue weighted by Gasteiger charge is 2.12. The topological polar surface area (TPSA) is 43.3 Å². The van der Waals surface area contributed by atoms with Gasteiger partial charge in [0.05, 0.1) is 33.2 Å². The zero-order valence-electron chi connectivity index (χ0n) is 14.9. The van der Waals surface area contributed by atoms with E-state index in [1.54, 1.807) is 27.5 Å². The average Bonchev–Trinajstić information content (AvgIpc) is 2.62. The predicted molar refractivity (Wildman–Crippen MR) is 97.9 cm³/mol. The molecule has 5 heteroatoms. The highest BCUT2D eigenvalue weighted by atomic mass is 16.5. The molecule has 2 aromatic rings. The van der Waals surface area contributed by atoms with Crippen molar-refractivity contribution in [3.63, 3.8) is 0 Å². The predicted octanol–water partition coefficient (Wildman–Crippen LogP) is 3.88. The molecular weight excluding hydrogens is 304 g/mol. The Hall–Kier alpha value is -2.69. The molecule has 24 heavy (non-hydrogen) atoms. The number of methoxy groups -OCH3 is 3. The van der Waals surface area contributed by atoms with E-state index in [0.717, 1.165) is 17.8 Å². The maximum atomic E-state index is 5.37. The van der Waals surface area contributed by atoms with Crippen LogP contribution in [-0.4, -0.2) is 34.1 Å². The lowest BCUT2D eigenvalue weighted by atomic mass is 10.2. The van der Waals surface area contributed by atoms with Gasteiger partial charge in [0, 0.05) is 12.1 Å². The van der Waals surface area contributed by atoms with Crippen molar-refractivity contribution in [1.82, 2.24) is 0 Å². The van der Waals surface area contributed by atoms with Crippen molar-refractivity contribution in [2.75, 3.05) is 32.9 Å². The minimum atomic E-state index is 0.572. The summed E-state index contributed by atoms with van der Waals surface area (Å²) in [5.41, 5.74) is 3.14. The molecule has 0 amide bonds. The Morgan fingerprint density at radius 3 is 2.00 bits per heavy atom. The standard InChI is InChI=1S/C19H24N2O3/c1-6-21(16-9-7-14(2)8-10-16)20-13-15-11-17(22-3)19(24-5)18(12-15)23-4/h7-13H,6H2,1-5H3/b20-13+. The first-order valence-electron chi connectivity index (χ1n) is 7.81. The van der Waals surface area contributed by atoms with E-state index in [2.05, 4.69) is 43.2 Å². The van der Waals surface area contributed by atoms with Gasteiger partial charge in [-0.2, -0.15) is 5.10 Å². The van der Waals surface area contributed by atoms with Gasteiger partial charge in [0.2, 0.25) is 5.75 Å². The second-order valence-corrected chi connectivity index (χ2v) is 5.25. The van der Waals surface area contributed by atoms with Gasteiger partial charge in [-0.15, -0.1) is 0 Å². The summed E-state index contributed by atoms with van der Waals surface area (Å²) in [5.74, 6) is 1.79. The molecule has 5 nitrogen and oxygen atoms in total. The van der Waals surface area contributed by atoms with Crippen molar-refractivity contribution in [3.05, 3.63) is 47.5 Å². The fourth-order valence-electron chi connectivity index (χ4n) is 2.36. The third-order valence-corrected chi connectivity index (χ3v) is 3.66. The van der Waals surface area contributed by atoms with Crippen LogP contribution in [0.1, 0.15) is 18.1 Å². The van der Waals surface area contributed by atoms with Crippen molar-refractivity contribution in [2.24, 2.45) is 5.10 Å². The third-order valence-electron chi connectivity index (χ3n) is 3.66. The van der Waals surface area contributed by atoms with Crippen molar-refractivity contribution in [3.8, 4) is 17.2 Å². The number of hydrogen-bond acceptors (Lipinski definition) is 5. The Kier molecular flexibility index (Phi) is 6.07. The minimum Gasteiger partial charge on any atom is -0.493 e. The van der Waals surface area contributed by atoms with Gasteiger partial charge >= 0.3 is 0 Å². The molecule has 0 saturated carbocycles. The molecule has 128 valence electrons. The van der Waals surface area contributed by atoms with Gasteiger partial charge in [0.1, 0.15) is 0 Å². The lowest BCUT2D eigenvalue weighted by Crippen LogP contribution is -2.15. The molecule has 0 spiro atoms. The molecular formula is C19H24N2O3. The summed E-state index contributed by atoms with van der Waals surface area (Å²) in [4.78, 5) is 0. The molecule has 0 fully saturated rings. The number of hydrazone groups is 1. The zero-order valence-corrected chi connectivity index (χ0v) is 14.9. The Balaban J connectivity index is 2.31. The molecule has 0 aliphatic carbocycles. The number of ether oxygens (including phenoxy) is 3. The van der Waals surface area contributed by atoms with E-state index in [4.69, 9.17) is 14.2 Å². The van der Waals surface area contributed by atoms with Gasteiger partial charge in [0.15, 0.2) is 11.5 Å². The maximum Gasteiger partial charge on any atom is 0.203 e. The quantitative estimate of drug-likeness (QED) is 0.571. The number of anilines is 1. The summed E-state index contributed by atoms with van der Waals surface area (Å²) in [6, 6.07) is 12.0. The SMILES string of the molecule is CCN(/N=C/c1cc(OC)c(OC)c(OC)c1)c1ccc(C)cc1. The van der Waals surface area contributed by atoms with E-state index in [0.29, 0.717) is 17.2 Å². The van der Waals surface area contributed by atoms with Gasteiger partial charge in [-0.1, -0.05) is 17.7 Å². The maximum absolute atomic E-state index is 5.37. The Labute approximate surface area is 143 Å². The second-order valence-electron chi connectivity index (χ2n) is 5.25. The van der Waals surface area contributed by atoms with Gasteiger partial charge in [0.25, 0.3) is 0 Å². The van der Waals surface area contributed by atoms with Crippen LogP contribution in [0.4, 0.5) is 5.69 Å². The Morgan fingerprint density at radius 1 is 0.958 bits per heavy atom. The van der Waals surface area contributed by atoms with Crippen molar-refractivity contribution in [1.29, 1.82) is 0 Å². The molecule has 0 radical (unpaired) electrons. The molecule has 0 aromatic heterocycles. The first-order chi connectivity index (χ1) is 11.6. The van der Waals surface area contributed by atoms with Crippen LogP contribution in [0.3, 0.4) is 0 Å². The molecule has 2 aromatic carbocycles. The van der Waals surface area contributed by atoms with Gasteiger partial charge < -0.3 is 14.2 Å². The lowest BCUT2D eigenvalue weighted by Gasteiger charge is -2.17. The molecule has 2 rings (SSSR count). The largest absolute Gasteiger partial charge is 0.493 e. The second kappa shape index (κ2) is 8.24. The molecule has 0 unspecified atom stereocenters. The normalized spacial score (nSPS) is 10.7. The van der Waals surface area contributed by atoms with Crippen LogP contribution in [-0.2, 0) is 0 Å². The molecule has 0 heterocycles. The summed E-state index contributed by atoms with van der Waals surface area (Å²) in [6.45, 7) is 4.90. The minimum absolute atomic E-state index is 0.572. The van der Waals surface area contributed by atoms with E-state index < -0.39 is 0 Å². The van der Waals surface area contributed by atoms with Crippen LogP contribution in [0.2, 0.25) is 0 Å². The Morgan fingerprint density at radius 2 is 1.54 bits per heavy atom. The van der Waals surface area contributed by atoms with Crippen molar-refractivity contribution >= 4 is 11.9 Å². The third kappa shape index (κ3) is 3.98. The van der Waals surface area contributed by atoms with E-state index in [1.807, 2.05) is 17.1 Å². The van der Waals surface area contributed by atoms with Crippen LogP contribution < -0.4 is 19.2 Å². The average molecular weight is 328 g/mol. The molecule has 0 saturated heterocycles. The van der Waals surface area contributed by atoms with E-state index in [-0.39, 0.29) is 0 Å². The molecule has 0 atom stereocenters. The first-order valence-corrected chi connectivity index (χ1v) is 7.81. The van der Waals surface area contributed by atoms with Crippen LogP contribution in [0.25, 0.3) is 0 Å². The number of aryl methyl sites for hydroxylation is 1. The smallest absolute Gasteiger partial charge is 0.203 e. The molecule has 0 bridgehead atoms. The molecule has 0 aliphatic heterocycles. The van der Waals surface area contributed by atoms with Crippen LogP contribution in [0.5, 0.6) is 17.2 Å². The van der Waals surface area contributed by atoms with Gasteiger partial charge in [-0.05, 0) is 38.1 Å². The lowest BCUT2D eigenvalue weighted by molar-refractivity contribution is 0.324. The monoisotopic (exact) mass is 328 g/mol. The highest BCUT2D eigenvalue weighted by Crippen LogP contribution is 2.37. The molecule has 0 N–H and O–H groups in total. The fraction of sp³-hybridized carbons (Fsp3) is 0.316. The fourth-order valence-corrected chi connectivity index (χ4v) is 2.36. The van der Waals surface area contributed by atoms with Crippen LogP contribution in [0, 0.1) is 6.92 Å². The number of benzene rings is 2. The van der Waals surface area contributed by atoms with E-state index in [1.165, 1.54) is 5.56 Å². The first kappa shape index (κ1) is 17.7. The summed E-state index contributed by atoms with van der Waals surface area (Å²) >= 11 is 0. The van der Waals surface area contributed by atoms with Crippen LogP contribution >= 0.6 is 0 Å². The van der Waals surface area contributed by atoms with Gasteiger partial charge in [-0.3, -0.25) is 5.01 Å². The van der Waals surface area contributed by atoms with Gasteiger partial charge in [-0.25, -0.2) is 0 Å². The summed E-state index contributed by atoms with van der Waals surface area (Å²) in [6.07, 6.45) is 1.79. The summed E-state index contributed by atoms with van der Waals surface area (Å²) < 4.78 is 16.1. The molecule has 0 aliphatic rings. The summed E-state index contributed by atoms with van der Waals surface area (Å²) in [5, 5.41) is 6.51.